The highest BCUT2D eigenvalue weighted by molar-refractivity contribution is 6.33. The fraction of sp³-hybridized carbons (Fsp3) is 0.333. The lowest BCUT2D eigenvalue weighted by Crippen LogP contribution is -2.32. The van der Waals surface area contributed by atoms with Crippen LogP contribution in [0.25, 0.3) is 0 Å². The first-order chi connectivity index (χ1) is 10.7. The molecule has 0 fully saturated rings. The summed E-state index contributed by atoms with van der Waals surface area (Å²) in [5.74, 6) is -0.0636. The molecule has 116 valence electrons. The summed E-state index contributed by atoms with van der Waals surface area (Å²) in [5, 5.41) is 0.0898. The van der Waals surface area contributed by atoms with Crippen molar-refractivity contribution < 1.29 is 9.53 Å². The predicted octanol–water partition coefficient (Wildman–Crippen LogP) is 2.90. The van der Waals surface area contributed by atoms with Gasteiger partial charge in [0.1, 0.15) is 23.7 Å². The number of halogens is 1. The topological polar surface area (TPSA) is 68.2 Å². The number of anilines is 1. The number of rotatable bonds is 1. The van der Waals surface area contributed by atoms with E-state index in [2.05, 4.69) is 15.0 Å². The van der Waals surface area contributed by atoms with Crippen molar-refractivity contribution in [3.63, 3.8) is 0 Å². The molecule has 0 bridgehead atoms. The van der Waals surface area contributed by atoms with Gasteiger partial charge in [-0.2, -0.15) is 0 Å². The minimum atomic E-state index is -0.284. The molecule has 0 saturated heterocycles. The van der Waals surface area contributed by atoms with Crippen molar-refractivity contribution in [1.82, 2.24) is 15.0 Å². The minimum absolute atomic E-state index is 0.0898. The molecule has 3 heterocycles. The maximum atomic E-state index is 12.6. The highest BCUT2D eigenvalue weighted by atomic mass is 35.5. The Morgan fingerprint density at radius 3 is 2.68 bits per heavy atom. The van der Waals surface area contributed by atoms with Crippen molar-refractivity contribution >= 4 is 23.2 Å². The molecular weight excluding hydrogens is 304 g/mol. The zero-order chi connectivity index (χ0) is 16.1. The molecule has 2 aromatic rings. The third-order valence-electron chi connectivity index (χ3n) is 2.99. The Balaban J connectivity index is 0.000000847. The Kier molecular flexibility index (Phi) is 5.27. The second kappa shape index (κ2) is 7.17. The fourth-order valence-electron chi connectivity index (χ4n) is 1.97. The normalized spacial score (nSPS) is 13.5. The van der Waals surface area contributed by atoms with Gasteiger partial charge in [-0.05, 0) is 19.1 Å². The first-order valence-corrected chi connectivity index (χ1v) is 7.42. The maximum Gasteiger partial charge on any atom is 0.267 e. The van der Waals surface area contributed by atoms with E-state index in [1.807, 2.05) is 32.9 Å². The van der Waals surface area contributed by atoms with Gasteiger partial charge in [-0.1, -0.05) is 25.4 Å². The summed E-state index contributed by atoms with van der Waals surface area (Å²) < 4.78 is 5.46. The van der Waals surface area contributed by atoms with E-state index in [-0.39, 0.29) is 22.5 Å². The SMILES string of the molecule is CC.Cc1ccc(N2CCOc3ncnc(Cl)c3C2=O)cn1. The largest absolute Gasteiger partial charge is 0.475 e. The Morgan fingerprint density at radius 2 is 2.00 bits per heavy atom. The van der Waals surface area contributed by atoms with E-state index in [0.717, 1.165) is 5.69 Å². The summed E-state index contributed by atoms with van der Waals surface area (Å²) >= 11 is 5.99. The molecule has 0 radical (unpaired) electrons. The molecule has 1 aliphatic heterocycles. The molecule has 0 atom stereocenters. The first-order valence-electron chi connectivity index (χ1n) is 7.04. The van der Waals surface area contributed by atoms with Crippen LogP contribution in [0.1, 0.15) is 29.9 Å². The zero-order valence-corrected chi connectivity index (χ0v) is 13.5. The van der Waals surface area contributed by atoms with E-state index in [0.29, 0.717) is 18.8 Å². The standard InChI is InChI=1S/C13H11ClN4O2.C2H6/c1-8-2-3-9(6-15-8)18-4-5-20-12-10(13(18)19)11(14)16-7-17-12;1-2/h2-3,6-7H,4-5H2,1H3;1-2H3. The number of ether oxygens (including phenoxy) is 1. The van der Waals surface area contributed by atoms with Crippen molar-refractivity contribution in [3.8, 4) is 5.88 Å². The first kappa shape index (κ1) is 16.2. The van der Waals surface area contributed by atoms with E-state index < -0.39 is 0 Å². The van der Waals surface area contributed by atoms with Crippen LogP contribution in [0.15, 0.2) is 24.7 Å². The maximum absolute atomic E-state index is 12.6. The molecule has 22 heavy (non-hydrogen) atoms. The third kappa shape index (κ3) is 3.17. The summed E-state index contributed by atoms with van der Waals surface area (Å²) in [7, 11) is 0. The Hall–Kier alpha value is -2.21. The van der Waals surface area contributed by atoms with Gasteiger partial charge in [0.25, 0.3) is 5.91 Å². The number of amides is 1. The van der Waals surface area contributed by atoms with Crippen molar-refractivity contribution in [2.45, 2.75) is 20.8 Å². The Morgan fingerprint density at radius 1 is 1.23 bits per heavy atom. The fourth-order valence-corrected chi connectivity index (χ4v) is 2.18. The molecule has 0 saturated carbocycles. The van der Waals surface area contributed by atoms with Crippen LogP contribution in [0, 0.1) is 6.92 Å². The van der Waals surface area contributed by atoms with Crippen LogP contribution >= 0.6 is 11.6 Å². The van der Waals surface area contributed by atoms with Gasteiger partial charge in [0, 0.05) is 5.69 Å². The summed E-state index contributed by atoms with van der Waals surface area (Å²) in [4.78, 5) is 26.1. The van der Waals surface area contributed by atoms with Crippen molar-refractivity contribution in [2.24, 2.45) is 0 Å². The second-order valence-corrected chi connectivity index (χ2v) is 4.67. The highest BCUT2D eigenvalue weighted by Gasteiger charge is 2.28. The summed E-state index contributed by atoms with van der Waals surface area (Å²) in [6.07, 6.45) is 2.92. The smallest absolute Gasteiger partial charge is 0.267 e. The van der Waals surface area contributed by atoms with Crippen LogP contribution in [0.2, 0.25) is 5.15 Å². The molecule has 0 aromatic carbocycles. The van der Waals surface area contributed by atoms with E-state index in [1.54, 1.807) is 11.1 Å². The molecule has 1 amide bonds. The van der Waals surface area contributed by atoms with Crippen LogP contribution in [0.5, 0.6) is 5.88 Å². The van der Waals surface area contributed by atoms with Gasteiger partial charge in [-0.25, -0.2) is 9.97 Å². The number of carbonyl (C=O) groups is 1. The number of fused-ring (bicyclic) bond motifs is 1. The van der Waals surface area contributed by atoms with E-state index in [1.165, 1.54) is 6.33 Å². The lowest BCUT2D eigenvalue weighted by Gasteiger charge is -2.19. The van der Waals surface area contributed by atoms with E-state index >= 15 is 0 Å². The van der Waals surface area contributed by atoms with Gasteiger partial charge in [0.2, 0.25) is 5.88 Å². The quantitative estimate of drug-likeness (QED) is 0.756. The van der Waals surface area contributed by atoms with Gasteiger partial charge in [-0.15, -0.1) is 0 Å². The van der Waals surface area contributed by atoms with Crippen LogP contribution in [-0.4, -0.2) is 34.0 Å². The van der Waals surface area contributed by atoms with Crippen molar-refractivity contribution in [3.05, 3.63) is 41.1 Å². The number of hydrogen-bond acceptors (Lipinski definition) is 5. The Bertz CT molecular complexity index is 661. The van der Waals surface area contributed by atoms with E-state index in [9.17, 15) is 4.79 Å². The molecule has 6 nitrogen and oxygen atoms in total. The molecular formula is C15H17ClN4O2. The average molecular weight is 321 g/mol. The predicted molar refractivity (Wildman–Crippen MR) is 84.5 cm³/mol. The number of pyridine rings is 1. The summed E-state index contributed by atoms with van der Waals surface area (Å²) in [6, 6.07) is 3.68. The number of aromatic nitrogens is 3. The molecule has 3 rings (SSSR count). The van der Waals surface area contributed by atoms with Crippen LogP contribution in [0.4, 0.5) is 5.69 Å². The summed E-state index contributed by atoms with van der Waals surface area (Å²) in [5.41, 5.74) is 1.76. The van der Waals surface area contributed by atoms with Gasteiger partial charge in [0.05, 0.1) is 18.4 Å². The Labute approximate surface area is 134 Å². The van der Waals surface area contributed by atoms with Crippen molar-refractivity contribution in [2.75, 3.05) is 18.1 Å². The number of carbonyl (C=O) groups excluding carboxylic acids is 1. The number of aryl methyl sites for hydroxylation is 1. The van der Waals surface area contributed by atoms with Crippen LogP contribution in [-0.2, 0) is 0 Å². The highest BCUT2D eigenvalue weighted by Crippen LogP contribution is 2.28. The van der Waals surface area contributed by atoms with Gasteiger partial charge >= 0.3 is 0 Å². The average Bonchev–Trinajstić information content (AvgIpc) is 2.70. The second-order valence-electron chi connectivity index (χ2n) is 4.31. The van der Waals surface area contributed by atoms with Gasteiger partial charge < -0.3 is 9.64 Å². The van der Waals surface area contributed by atoms with Crippen molar-refractivity contribution in [1.29, 1.82) is 0 Å². The molecule has 7 heteroatoms. The van der Waals surface area contributed by atoms with Crippen LogP contribution in [0.3, 0.4) is 0 Å². The lowest BCUT2D eigenvalue weighted by molar-refractivity contribution is 0.0989. The van der Waals surface area contributed by atoms with Gasteiger partial charge in [-0.3, -0.25) is 9.78 Å². The molecule has 0 N–H and O–H groups in total. The monoisotopic (exact) mass is 320 g/mol. The lowest BCUT2D eigenvalue weighted by atomic mass is 10.2. The molecule has 0 spiro atoms. The molecule has 0 unspecified atom stereocenters. The zero-order valence-electron chi connectivity index (χ0n) is 12.7. The van der Waals surface area contributed by atoms with Gasteiger partial charge in [0.15, 0.2) is 0 Å². The molecule has 1 aliphatic rings. The minimum Gasteiger partial charge on any atom is -0.475 e. The number of hydrogen-bond donors (Lipinski definition) is 0. The molecule has 0 aliphatic carbocycles. The third-order valence-corrected chi connectivity index (χ3v) is 3.27. The van der Waals surface area contributed by atoms with E-state index in [4.69, 9.17) is 16.3 Å². The molecule has 2 aromatic heterocycles. The number of nitrogens with zero attached hydrogens (tertiary/aromatic N) is 4. The summed E-state index contributed by atoms with van der Waals surface area (Å²) in [6.45, 7) is 6.62. The van der Waals surface area contributed by atoms with Crippen LogP contribution < -0.4 is 9.64 Å².